The zero-order valence-corrected chi connectivity index (χ0v) is 11.5. The number of ketones is 1. The van der Waals surface area contributed by atoms with Gasteiger partial charge < -0.3 is 0 Å². The van der Waals surface area contributed by atoms with Crippen molar-refractivity contribution in [2.75, 3.05) is 13.6 Å². The molecule has 1 saturated heterocycles. The maximum atomic E-state index is 11.9. The van der Waals surface area contributed by atoms with Crippen LogP contribution >= 0.6 is 15.9 Å². The van der Waals surface area contributed by atoms with Gasteiger partial charge in [-0.25, -0.2) is 9.69 Å². The second-order valence-corrected chi connectivity index (χ2v) is 4.88. The lowest BCUT2D eigenvalue weighted by Crippen LogP contribution is -2.36. The van der Waals surface area contributed by atoms with Gasteiger partial charge in [-0.05, 0) is 12.1 Å². The van der Waals surface area contributed by atoms with E-state index < -0.39 is 30.2 Å². The maximum Gasteiger partial charge on any atom is 0.334 e. The van der Waals surface area contributed by atoms with Gasteiger partial charge in [0.1, 0.15) is 0 Å². The Hall–Kier alpha value is -2.02. The molecular weight excluding hydrogens is 316 g/mol. The first kappa shape index (κ1) is 13.4. The van der Waals surface area contributed by atoms with Crippen LogP contribution in [0.4, 0.5) is 4.79 Å². The summed E-state index contributed by atoms with van der Waals surface area (Å²) < 4.78 is 0.812. The van der Waals surface area contributed by atoms with Crippen LogP contribution in [0.15, 0.2) is 28.7 Å². The lowest BCUT2D eigenvalue weighted by atomic mass is 10.1. The van der Waals surface area contributed by atoms with E-state index in [9.17, 15) is 19.2 Å². The fraction of sp³-hybridized carbons (Fsp3) is 0.167. The van der Waals surface area contributed by atoms with Gasteiger partial charge in [0.05, 0.1) is 6.54 Å². The second-order valence-electron chi connectivity index (χ2n) is 3.97. The number of carbonyl (C=O) groups is 4. The van der Waals surface area contributed by atoms with Gasteiger partial charge >= 0.3 is 17.8 Å². The molecule has 2 rings (SSSR count). The topological polar surface area (TPSA) is 74.8 Å². The first-order valence-electron chi connectivity index (χ1n) is 5.34. The fourth-order valence-corrected chi connectivity index (χ4v) is 1.89. The van der Waals surface area contributed by atoms with Crippen LogP contribution < -0.4 is 0 Å². The average Bonchev–Trinajstić information content (AvgIpc) is 2.57. The highest BCUT2D eigenvalue weighted by molar-refractivity contribution is 9.10. The fourth-order valence-electron chi connectivity index (χ4n) is 1.62. The molecule has 7 heteroatoms. The summed E-state index contributed by atoms with van der Waals surface area (Å²) in [7, 11) is 1.20. The minimum absolute atomic E-state index is 0.366. The quantitative estimate of drug-likeness (QED) is 0.473. The highest BCUT2D eigenvalue weighted by Gasteiger charge is 2.42. The molecule has 1 heterocycles. The predicted molar refractivity (Wildman–Crippen MR) is 68.4 cm³/mol. The van der Waals surface area contributed by atoms with Gasteiger partial charge in [0, 0.05) is 17.1 Å². The zero-order chi connectivity index (χ0) is 14.2. The molecule has 0 saturated carbocycles. The van der Waals surface area contributed by atoms with Gasteiger partial charge in [0.25, 0.3) is 0 Å². The summed E-state index contributed by atoms with van der Waals surface area (Å²) in [5.74, 6) is -2.30. The van der Waals surface area contributed by atoms with Crippen molar-refractivity contribution in [2.24, 2.45) is 0 Å². The molecule has 1 aromatic carbocycles. The molecule has 0 spiro atoms. The summed E-state index contributed by atoms with van der Waals surface area (Å²) in [4.78, 5) is 47.6. The molecule has 4 amide bonds. The van der Waals surface area contributed by atoms with E-state index in [4.69, 9.17) is 0 Å². The van der Waals surface area contributed by atoms with Crippen molar-refractivity contribution >= 4 is 39.6 Å². The van der Waals surface area contributed by atoms with Crippen LogP contribution in [-0.2, 0) is 9.59 Å². The molecule has 0 aliphatic carbocycles. The summed E-state index contributed by atoms with van der Waals surface area (Å²) in [5, 5.41) is 0. The van der Waals surface area contributed by atoms with Gasteiger partial charge in [-0.3, -0.25) is 19.3 Å². The van der Waals surface area contributed by atoms with Crippen molar-refractivity contribution in [1.29, 1.82) is 0 Å². The number of halogens is 1. The third-order valence-electron chi connectivity index (χ3n) is 2.72. The minimum atomic E-state index is -0.974. The zero-order valence-electron chi connectivity index (χ0n) is 9.92. The lowest BCUT2D eigenvalue weighted by Gasteiger charge is -2.11. The second kappa shape index (κ2) is 4.93. The van der Waals surface area contributed by atoms with Crippen LogP contribution in [0.1, 0.15) is 10.4 Å². The van der Waals surface area contributed by atoms with Crippen molar-refractivity contribution in [3.63, 3.8) is 0 Å². The summed E-state index contributed by atoms with van der Waals surface area (Å²) in [6.45, 7) is -0.435. The molecule has 0 unspecified atom stereocenters. The Morgan fingerprint density at radius 3 is 2.16 bits per heavy atom. The molecule has 1 aliphatic heterocycles. The largest absolute Gasteiger partial charge is 0.334 e. The van der Waals surface area contributed by atoms with E-state index >= 15 is 0 Å². The third kappa shape index (κ3) is 2.41. The first-order chi connectivity index (χ1) is 8.91. The first-order valence-corrected chi connectivity index (χ1v) is 6.13. The number of hydrogen-bond acceptors (Lipinski definition) is 4. The molecule has 1 aliphatic rings. The number of urea groups is 1. The molecule has 6 nitrogen and oxygen atoms in total. The number of nitrogens with zero attached hydrogens (tertiary/aromatic N) is 2. The molecule has 1 aromatic rings. The van der Waals surface area contributed by atoms with Crippen LogP contribution in [0.5, 0.6) is 0 Å². The number of imide groups is 2. The minimum Gasteiger partial charge on any atom is -0.292 e. The van der Waals surface area contributed by atoms with Crippen molar-refractivity contribution in [3.05, 3.63) is 34.3 Å². The Kier molecular flexibility index (Phi) is 3.48. The molecule has 0 radical (unpaired) electrons. The van der Waals surface area contributed by atoms with Crippen LogP contribution in [0, 0.1) is 0 Å². The maximum absolute atomic E-state index is 11.9. The van der Waals surface area contributed by atoms with Crippen molar-refractivity contribution < 1.29 is 19.2 Å². The monoisotopic (exact) mass is 324 g/mol. The third-order valence-corrected chi connectivity index (χ3v) is 3.25. The average molecular weight is 325 g/mol. The predicted octanol–water partition coefficient (Wildman–Crippen LogP) is 1.05. The van der Waals surface area contributed by atoms with Gasteiger partial charge in [-0.15, -0.1) is 0 Å². The number of carbonyl (C=O) groups excluding carboxylic acids is 4. The van der Waals surface area contributed by atoms with Crippen molar-refractivity contribution in [1.82, 2.24) is 9.80 Å². The summed E-state index contributed by atoms with van der Waals surface area (Å²) in [5.41, 5.74) is 0.366. The normalized spacial score (nSPS) is 15.4. The summed E-state index contributed by atoms with van der Waals surface area (Å²) >= 11 is 3.24. The Balaban J connectivity index is 2.16. The standard InChI is InChI=1S/C12H9BrN2O4/c1-14-10(17)11(18)15(12(14)19)6-9(16)7-2-4-8(13)5-3-7/h2-5H,6H2,1H3. The highest BCUT2D eigenvalue weighted by atomic mass is 79.9. The van der Waals surface area contributed by atoms with Gasteiger partial charge in [0.2, 0.25) is 0 Å². The lowest BCUT2D eigenvalue weighted by molar-refractivity contribution is -0.142. The number of amides is 4. The van der Waals surface area contributed by atoms with E-state index in [0.717, 1.165) is 4.47 Å². The van der Waals surface area contributed by atoms with E-state index in [1.807, 2.05) is 0 Å². The molecular formula is C12H9BrN2O4. The Morgan fingerprint density at radius 1 is 1.11 bits per heavy atom. The summed E-state index contributed by atoms with van der Waals surface area (Å²) in [6, 6.07) is 5.72. The van der Waals surface area contributed by atoms with Gasteiger partial charge in [-0.1, -0.05) is 28.1 Å². The van der Waals surface area contributed by atoms with E-state index in [-0.39, 0.29) is 0 Å². The number of rotatable bonds is 3. The summed E-state index contributed by atoms with van der Waals surface area (Å²) in [6.07, 6.45) is 0. The van der Waals surface area contributed by atoms with E-state index in [0.29, 0.717) is 15.4 Å². The van der Waals surface area contributed by atoms with Crippen LogP contribution in [0.2, 0.25) is 0 Å². The highest BCUT2D eigenvalue weighted by Crippen LogP contribution is 2.14. The van der Waals surface area contributed by atoms with Gasteiger partial charge in [-0.2, -0.15) is 0 Å². The van der Waals surface area contributed by atoms with Crippen molar-refractivity contribution in [2.45, 2.75) is 0 Å². The smallest absolute Gasteiger partial charge is 0.292 e. The van der Waals surface area contributed by atoms with Gasteiger partial charge in [0.15, 0.2) is 5.78 Å². The van der Waals surface area contributed by atoms with Crippen molar-refractivity contribution in [3.8, 4) is 0 Å². The Bertz CT molecular complexity index is 582. The Morgan fingerprint density at radius 2 is 1.68 bits per heavy atom. The van der Waals surface area contributed by atoms with Crippen LogP contribution in [-0.4, -0.2) is 47.0 Å². The molecule has 0 bridgehead atoms. The van der Waals surface area contributed by atoms with Crippen LogP contribution in [0.25, 0.3) is 0 Å². The van der Waals surface area contributed by atoms with E-state index in [2.05, 4.69) is 15.9 Å². The molecule has 0 aromatic heterocycles. The number of hydrogen-bond donors (Lipinski definition) is 0. The molecule has 19 heavy (non-hydrogen) atoms. The van der Waals surface area contributed by atoms with Crippen LogP contribution in [0.3, 0.4) is 0 Å². The number of Topliss-reactive ketones (excluding diaryl/α,β-unsaturated/α-hetero) is 1. The van der Waals surface area contributed by atoms with E-state index in [1.165, 1.54) is 7.05 Å². The number of benzene rings is 1. The molecule has 0 atom stereocenters. The molecule has 98 valence electrons. The number of likely N-dealkylation sites (N-methyl/N-ethyl adjacent to an activating group) is 1. The SMILES string of the molecule is CN1C(=O)C(=O)N(CC(=O)c2ccc(Br)cc2)C1=O. The Labute approximate surface area is 117 Å². The van der Waals surface area contributed by atoms with E-state index in [1.54, 1.807) is 24.3 Å². The molecule has 0 N–H and O–H groups in total. The molecule has 1 fully saturated rings.